The summed E-state index contributed by atoms with van der Waals surface area (Å²) < 4.78 is 16.3. The van der Waals surface area contributed by atoms with Gasteiger partial charge in [-0.2, -0.15) is 0 Å². The number of benzene rings is 1. The van der Waals surface area contributed by atoms with Crippen molar-refractivity contribution >= 4 is 17.7 Å². The van der Waals surface area contributed by atoms with E-state index in [-0.39, 0.29) is 49.8 Å². The Labute approximate surface area is 189 Å². The molecule has 0 aliphatic carbocycles. The maximum Gasteiger partial charge on any atom is 0.241 e. The molecule has 8 heteroatoms. The molecule has 32 heavy (non-hydrogen) atoms. The van der Waals surface area contributed by atoms with Crippen molar-refractivity contribution in [2.24, 2.45) is 0 Å². The van der Waals surface area contributed by atoms with Crippen LogP contribution in [0.25, 0.3) is 0 Å². The third-order valence-electron chi connectivity index (χ3n) is 6.49. The fraction of sp³-hybridized carbons (Fsp3) is 0.625. The van der Waals surface area contributed by atoms with Crippen LogP contribution in [0.2, 0.25) is 0 Å². The van der Waals surface area contributed by atoms with E-state index in [9.17, 15) is 14.4 Å². The van der Waals surface area contributed by atoms with Crippen molar-refractivity contribution in [3.63, 3.8) is 0 Å². The standard InChI is InChI=1S/C24H34N2O6/c1-25(12-11-18-8-6-7-14-32-18)21(27)16-24(19-9-4-5-10-20(19)31-3)17-22(28)26(23(24)29)13-15-30-2/h4-5,9-10,18H,6-8,11-17H2,1-3H3/t18-,24+/m1/s1. The van der Waals surface area contributed by atoms with Crippen molar-refractivity contribution in [1.82, 2.24) is 9.80 Å². The Morgan fingerprint density at radius 2 is 2.03 bits per heavy atom. The van der Waals surface area contributed by atoms with Gasteiger partial charge >= 0.3 is 0 Å². The zero-order valence-corrected chi connectivity index (χ0v) is 19.3. The highest BCUT2D eigenvalue weighted by Gasteiger charge is 2.55. The number of imide groups is 1. The van der Waals surface area contributed by atoms with E-state index >= 15 is 0 Å². The summed E-state index contributed by atoms with van der Waals surface area (Å²) in [5.74, 6) is -0.361. The molecule has 3 rings (SSSR count). The zero-order chi connectivity index (χ0) is 23.1. The second-order valence-electron chi connectivity index (χ2n) is 8.57. The Hall–Kier alpha value is -2.45. The molecular weight excluding hydrogens is 412 g/mol. The van der Waals surface area contributed by atoms with Crippen LogP contribution in [0.4, 0.5) is 0 Å². The molecule has 1 aromatic carbocycles. The van der Waals surface area contributed by atoms with Gasteiger partial charge in [0.25, 0.3) is 0 Å². The number of methoxy groups -OCH3 is 2. The molecule has 2 heterocycles. The Bertz CT molecular complexity index is 822. The molecule has 0 aromatic heterocycles. The highest BCUT2D eigenvalue weighted by atomic mass is 16.5. The summed E-state index contributed by atoms with van der Waals surface area (Å²) in [5, 5.41) is 0. The van der Waals surface area contributed by atoms with E-state index in [4.69, 9.17) is 14.2 Å². The molecule has 2 atom stereocenters. The van der Waals surface area contributed by atoms with Crippen LogP contribution in [0.5, 0.6) is 5.75 Å². The molecule has 2 fully saturated rings. The third-order valence-corrected chi connectivity index (χ3v) is 6.49. The minimum absolute atomic E-state index is 0.0682. The summed E-state index contributed by atoms with van der Waals surface area (Å²) in [4.78, 5) is 42.5. The molecule has 176 valence electrons. The maximum absolute atomic E-state index is 13.6. The second kappa shape index (κ2) is 10.9. The minimum Gasteiger partial charge on any atom is -0.496 e. The van der Waals surface area contributed by atoms with Gasteiger partial charge < -0.3 is 19.1 Å². The number of rotatable bonds is 10. The number of hydrogen-bond acceptors (Lipinski definition) is 6. The average molecular weight is 447 g/mol. The first-order valence-electron chi connectivity index (χ1n) is 11.3. The topological polar surface area (TPSA) is 85.4 Å². The summed E-state index contributed by atoms with van der Waals surface area (Å²) in [7, 11) is 4.78. The molecule has 0 unspecified atom stereocenters. The molecule has 0 saturated carbocycles. The lowest BCUT2D eigenvalue weighted by atomic mass is 9.75. The molecule has 1 aromatic rings. The molecule has 8 nitrogen and oxygen atoms in total. The largest absolute Gasteiger partial charge is 0.496 e. The minimum atomic E-state index is -1.29. The normalized spacial score (nSPS) is 23.5. The summed E-state index contributed by atoms with van der Waals surface area (Å²) in [6.07, 6.45) is 4.01. The van der Waals surface area contributed by atoms with Crippen molar-refractivity contribution in [2.45, 2.75) is 50.0 Å². The molecule has 0 N–H and O–H groups in total. The Balaban J connectivity index is 1.82. The quantitative estimate of drug-likeness (QED) is 0.512. The highest BCUT2D eigenvalue weighted by molar-refractivity contribution is 6.11. The molecule has 0 radical (unpaired) electrons. The summed E-state index contributed by atoms with van der Waals surface area (Å²) in [5.41, 5.74) is -0.720. The number of carbonyl (C=O) groups excluding carboxylic acids is 3. The van der Waals surface area contributed by atoms with Crippen LogP contribution in [0.1, 0.15) is 44.1 Å². The van der Waals surface area contributed by atoms with Crippen LogP contribution < -0.4 is 4.74 Å². The van der Waals surface area contributed by atoms with Gasteiger partial charge in [0.1, 0.15) is 5.75 Å². The van der Waals surface area contributed by atoms with Gasteiger partial charge in [-0.05, 0) is 31.7 Å². The molecule has 0 bridgehead atoms. The van der Waals surface area contributed by atoms with Crippen LogP contribution in [0, 0.1) is 0 Å². The zero-order valence-electron chi connectivity index (χ0n) is 19.3. The lowest BCUT2D eigenvalue weighted by Gasteiger charge is -2.31. The summed E-state index contributed by atoms with van der Waals surface area (Å²) >= 11 is 0. The van der Waals surface area contributed by atoms with E-state index in [1.54, 1.807) is 36.2 Å². The van der Waals surface area contributed by atoms with E-state index in [1.807, 2.05) is 0 Å². The predicted molar refractivity (Wildman–Crippen MR) is 118 cm³/mol. The number of hydrogen-bond donors (Lipinski definition) is 0. The van der Waals surface area contributed by atoms with E-state index < -0.39 is 5.41 Å². The number of carbonyl (C=O) groups is 3. The SMILES string of the molecule is COCCN1C(=O)C[C@@](CC(=O)N(C)CC[C@H]2CCCCO2)(c2ccccc2OC)C1=O. The van der Waals surface area contributed by atoms with E-state index in [2.05, 4.69) is 0 Å². The Morgan fingerprint density at radius 1 is 1.25 bits per heavy atom. The van der Waals surface area contributed by atoms with Gasteiger partial charge in [0.15, 0.2) is 0 Å². The average Bonchev–Trinajstić information content (AvgIpc) is 3.05. The second-order valence-corrected chi connectivity index (χ2v) is 8.57. The van der Waals surface area contributed by atoms with Gasteiger partial charge in [-0.3, -0.25) is 19.3 Å². The van der Waals surface area contributed by atoms with Crippen molar-refractivity contribution in [3.8, 4) is 5.75 Å². The first-order chi connectivity index (χ1) is 15.4. The number of ether oxygens (including phenoxy) is 3. The van der Waals surface area contributed by atoms with E-state index in [0.717, 1.165) is 32.3 Å². The smallest absolute Gasteiger partial charge is 0.241 e. The number of likely N-dealkylation sites (tertiary alicyclic amines) is 1. The Morgan fingerprint density at radius 3 is 2.72 bits per heavy atom. The van der Waals surface area contributed by atoms with Crippen LogP contribution in [-0.4, -0.2) is 81.2 Å². The van der Waals surface area contributed by atoms with Crippen molar-refractivity contribution in [1.29, 1.82) is 0 Å². The van der Waals surface area contributed by atoms with E-state index in [0.29, 0.717) is 17.9 Å². The van der Waals surface area contributed by atoms with Gasteiger partial charge in [-0.1, -0.05) is 18.2 Å². The van der Waals surface area contributed by atoms with Crippen LogP contribution in [0.3, 0.4) is 0 Å². The number of amides is 3. The molecule has 0 spiro atoms. The van der Waals surface area contributed by atoms with Gasteiger partial charge in [-0.15, -0.1) is 0 Å². The lowest BCUT2D eigenvalue weighted by Crippen LogP contribution is -2.44. The van der Waals surface area contributed by atoms with Crippen LogP contribution in [0.15, 0.2) is 24.3 Å². The molecular formula is C24H34N2O6. The van der Waals surface area contributed by atoms with Gasteiger partial charge in [0.05, 0.1) is 31.8 Å². The summed E-state index contributed by atoms with van der Waals surface area (Å²) in [6, 6.07) is 7.12. The number of nitrogens with zero attached hydrogens (tertiary/aromatic N) is 2. The van der Waals surface area contributed by atoms with Gasteiger partial charge in [0, 0.05) is 45.7 Å². The number of para-hydroxylation sites is 1. The van der Waals surface area contributed by atoms with Crippen molar-refractivity contribution < 1.29 is 28.6 Å². The monoisotopic (exact) mass is 446 g/mol. The molecule has 3 amide bonds. The maximum atomic E-state index is 13.6. The fourth-order valence-electron chi connectivity index (χ4n) is 4.58. The van der Waals surface area contributed by atoms with E-state index in [1.165, 1.54) is 19.1 Å². The predicted octanol–water partition coefficient (Wildman–Crippen LogP) is 2.15. The van der Waals surface area contributed by atoms with Gasteiger partial charge in [-0.25, -0.2) is 0 Å². The van der Waals surface area contributed by atoms with Crippen LogP contribution >= 0.6 is 0 Å². The molecule has 2 aliphatic rings. The Kier molecular flexibility index (Phi) is 8.26. The first kappa shape index (κ1) is 24.2. The van der Waals surface area contributed by atoms with Crippen molar-refractivity contribution in [3.05, 3.63) is 29.8 Å². The lowest BCUT2D eigenvalue weighted by molar-refractivity contribution is -0.143. The van der Waals surface area contributed by atoms with Crippen LogP contribution in [-0.2, 0) is 29.3 Å². The molecule has 2 saturated heterocycles. The highest BCUT2D eigenvalue weighted by Crippen LogP contribution is 2.44. The molecule has 2 aliphatic heterocycles. The van der Waals surface area contributed by atoms with Gasteiger partial charge in [0.2, 0.25) is 17.7 Å². The first-order valence-corrected chi connectivity index (χ1v) is 11.3. The fourth-order valence-corrected chi connectivity index (χ4v) is 4.58. The summed E-state index contributed by atoms with van der Waals surface area (Å²) in [6.45, 7) is 1.72. The third kappa shape index (κ3) is 5.13. The van der Waals surface area contributed by atoms with Crippen molar-refractivity contribution in [2.75, 3.05) is 47.6 Å².